The van der Waals surface area contributed by atoms with Gasteiger partial charge in [-0.1, -0.05) is 18.2 Å². The number of hydrogen-bond donors (Lipinski definition) is 2. The van der Waals surface area contributed by atoms with Crippen LogP contribution in [-0.4, -0.2) is 45.0 Å². The van der Waals surface area contributed by atoms with Gasteiger partial charge in [-0.05, 0) is 55.3 Å². The van der Waals surface area contributed by atoms with Crippen LogP contribution in [0.5, 0.6) is 0 Å². The molecule has 0 unspecified atom stereocenters. The van der Waals surface area contributed by atoms with Crippen LogP contribution in [0.25, 0.3) is 11.3 Å². The van der Waals surface area contributed by atoms with E-state index in [0.717, 1.165) is 37.4 Å². The molecule has 0 radical (unpaired) electrons. The highest BCUT2D eigenvalue weighted by Gasteiger charge is 2.23. The fourth-order valence-corrected chi connectivity index (χ4v) is 4.12. The lowest BCUT2D eigenvalue weighted by atomic mass is 10.0. The van der Waals surface area contributed by atoms with E-state index in [0.29, 0.717) is 29.3 Å². The van der Waals surface area contributed by atoms with Crippen molar-refractivity contribution in [2.24, 2.45) is 0 Å². The van der Waals surface area contributed by atoms with Gasteiger partial charge in [0.2, 0.25) is 5.95 Å². The maximum Gasteiger partial charge on any atom is 0.253 e. The highest BCUT2D eigenvalue weighted by molar-refractivity contribution is 5.94. The molecular formula is C27H26FN7O. The van der Waals surface area contributed by atoms with Crippen molar-refractivity contribution in [3.63, 3.8) is 0 Å². The standard InChI is InChI=1S/C27H26FN7O/c28-21-5-3-4-19(16-21)24-8-7-20(17-31-24)26(36)33-22-10-14-35(15-11-22)27-30-13-9-25(34-27)32-18-23-6-1-2-12-29-23/h1-9,12-13,16-17,22H,10-11,14-15,18H2,(H,33,36)(H,30,32,34). The van der Waals surface area contributed by atoms with Crippen molar-refractivity contribution in [1.29, 1.82) is 0 Å². The number of rotatable bonds is 7. The zero-order valence-electron chi connectivity index (χ0n) is 19.6. The average Bonchev–Trinajstić information content (AvgIpc) is 2.93. The molecule has 182 valence electrons. The van der Waals surface area contributed by atoms with Crippen molar-refractivity contribution >= 4 is 17.7 Å². The molecule has 0 saturated carbocycles. The number of anilines is 2. The topological polar surface area (TPSA) is 95.9 Å². The Hall–Kier alpha value is -4.40. The van der Waals surface area contributed by atoms with Crippen molar-refractivity contribution in [1.82, 2.24) is 25.3 Å². The largest absolute Gasteiger partial charge is 0.364 e. The molecule has 3 aromatic heterocycles. The number of benzene rings is 1. The SMILES string of the molecule is O=C(NC1CCN(c2nccc(NCc3ccccn3)n2)CC1)c1ccc(-c2cccc(F)c2)nc1. The average molecular weight is 484 g/mol. The van der Waals surface area contributed by atoms with Gasteiger partial charge in [0.1, 0.15) is 11.6 Å². The Bertz CT molecular complexity index is 1310. The summed E-state index contributed by atoms with van der Waals surface area (Å²) in [6.45, 7) is 2.07. The van der Waals surface area contributed by atoms with Gasteiger partial charge in [-0.2, -0.15) is 4.98 Å². The van der Waals surface area contributed by atoms with Gasteiger partial charge in [0, 0.05) is 43.3 Å². The third-order valence-electron chi connectivity index (χ3n) is 6.08. The number of hydrogen-bond acceptors (Lipinski definition) is 7. The summed E-state index contributed by atoms with van der Waals surface area (Å²) >= 11 is 0. The molecule has 1 aromatic carbocycles. The molecule has 1 amide bonds. The summed E-state index contributed by atoms with van der Waals surface area (Å²) in [5.41, 5.74) is 2.71. The number of aromatic nitrogens is 4. The number of carbonyl (C=O) groups is 1. The molecule has 0 aliphatic carbocycles. The molecule has 1 fully saturated rings. The fraction of sp³-hybridized carbons (Fsp3) is 0.222. The maximum absolute atomic E-state index is 13.5. The lowest BCUT2D eigenvalue weighted by Crippen LogP contribution is -2.45. The molecule has 0 atom stereocenters. The van der Waals surface area contributed by atoms with E-state index < -0.39 is 0 Å². The zero-order chi connectivity index (χ0) is 24.7. The van der Waals surface area contributed by atoms with Crippen LogP contribution < -0.4 is 15.5 Å². The Morgan fingerprint density at radius 3 is 2.61 bits per heavy atom. The first-order valence-corrected chi connectivity index (χ1v) is 11.9. The maximum atomic E-state index is 13.5. The molecule has 2 N–H and O–H groups in total. The molecule has 4 aromatic rings. The number of nitrogens with zero attached hydrogens (tertiary/aromatic N) is 5. The Labute approximate surface area is 208 Å². The summed E-state index contributed by atoms with van der Waals surface area (Å²) in [6.07, 6.45) is 6.62. The van der Waals surface area contributed by atoms with Gasteiger partial charge >= 0.3 is 0 Å². The van der Waals surface area contributed by atoms with Crippen LogP contribution in [-0.2, 0) is 6.54 Å². The number of piperidine rings is 1. The highest BCUT2D eigenvalue weighted by atomic mass is 19.1. The minimum Gasteiger partial charge on any atom is -0.364 e. The molecular weight excluding hydrogens is 457 g/mol. The molecule has 9 heteroatoms. The quantitative estimate of drug-likeness (QED) is 0.409. The first kappa shape index (κ1) is 23.3. The Morgan fingerprint density at radius 1 is 0.972 bits per heavy atom. The van der Waals surface area contributed by atoms with E-state index in [-0.39, 0.29) is 17.8 Å². The second-order valence-electron chi connectivity index (χ2n) is 8.59. The second-order valence-corrected chi connectivity index (χ2v) is 8.59. The molecule has 1 saturated heterocycles. The van der Waals surface area contributed by atoms with E-state index in [1.807, 2.05) is 24.3 Å². The van der Waals surface area contributed by atoms with Crippen molar-refractivity contribution in [2.45, 2.75) is 25.4 Å². The van der Waals surface area contributed by atoms with E-state index in [9.17, 15) is 9.18 Å². The van der Waals surface area contributed by atoms with Crippen molar-refractivity contribution in [3.8, 4) is 11.3 Å². The van der Waals surface area contributed by atoms with E-state index in [4.69, 9.17) is 0 Å². The Balaban J connectivity index is 1.13. The Morgan fingerprint density at radius 2 is 1.86 bits per heavy atom. The van der Waals surface area contributed by atoms with Crippen LogP contribution in [0.3, 0.4) is 0 Å². The number of carbonyl (C=O) groups excluding carboxylic acids is 1. The van der Waals surface area contributed by atoms with Crippen LogP contribution in [0.2, 0.25) is 0 Å². The van der Waals surface area contributed by atoms with Crippen LogP contribution in [0.15, 0.2) is 79.3 Å². The fourth-order valence-electron chi connectivity index (χ4n) is 4.12. The van der Waals surface area contributed by atoms with Crippen LogP contribution in [0.4, 0.5) is 16.2 Å². The third kappa shape index (κ3) is 5.80. The summed E-state index contributed by atoms with van der Waals surface area (Å²) in [5, 5.41) is 6.39. The van der Waals surface area contributed by atoms with Gasteiger partial charge in [0.05, 0.1) is 23.5 Å². The molecule has 1 aliphatic rings. The summed E-state index contributed by atoms with van der Waals surface area (Å²) in [6, 6.07) is 17.4. The van der Waals surface area contributed by atoms with Gasteiger partial charge in [-0.3, -0.25) is 14.8 Å². The lowest BCUT2D eigenvalue weighted by molar-refractivity contribution is 0.0930. The van der Waals surface area contributed by atoms with Crippen LogP contribution >= 0.6 is 0 Å². The second kappa shape index (κ2) is 10.9. The first-order chi connectivity index (χ1) is 17.6. The molecule has 4 heterocycles. The monoisotopic (exact) mass is 483 g/mol. The minimum atomic E-state index is -0.319. The van der Waals surface area contributed by atoms with E-state index in [2.05, 4.69) is 35.5 Å². The molecule has 0 bridgehead atoms. The normalized spacial score (nSPS) is 13.9. The van der Waals surface area contributed by atoms with Gasteiger partial charge in [-0.15, -0.1) is 0 Å². The number of nitrogens with one attached hydrogen (secondary N) is 2. The van der Waals surface area contributed by atoms with Gasteiger partial charge < -0.3 is 15.5 Å². The van der Waals surface area contributed by atoms with Gasteiger partial charge in [0.15, 0.2) is 0 Å². The van der Waals surface area contributed by atoms with E-state index >= 15 is 0 Å². The summed E-state index contributed by atoms with van der Waals surface area (Å²) < 4.78 is 13.5. The summed E-state index contributed by atoms with van der Waals surface area (Å²) in [4.78, 5) is 32.6. The van der Waals surface area contributed by atoms with Crippen LogP contribution in [0, 0.1) is 5.82 Å². The number of amides is 1. The lowest BCUT2D eigenvalue weighted by Gasteiger charge is -2.32. The van der Waals surface area contributed by atoms with E-state index in [1.54, 1.807) is 36.7 Å². The third-order valence-corrected chi connectivity index (χ3v) is 6.08. The molecule has 36 heavy (non-hydrogen) atoms. The van der Waals surface area contributed by atoms with E-state index in [1.165, 1.54) is 18.3 Å². The van der Waals surface area contributed by atoms with Crippen LogP contribution in [0.1, 0.15) is 28.9 Å². The molecule has 5 rings (SSSR count). The highest BCUT2D eigenvalue weighted by Crippen LogP contribution is 2.20. The zero-order valence-corrected chi connectivity index (χ0v) is 19.6. The Kier molecular flexibility index (Phi) is 7.07. The van der Waals surface area contributed by atoms with Crippen molar-refractivity contribution < 1.29 is 9.18 Å². The smallest absolute Gasteiger partial charge is 0.253 e. The predicted octanol–water partition coefficient (Wildman–Crippen LogP) is 4.08. The number of halogens is 1. The molecule has 8 nitrogen and oxygen atoms in total. The molecule has 1 aliphatic heterocycles. The minimum absolute atomic E-state index is 0.0575. The molecule has 0 spiro atoms. The van der Waals surface area contributed by atoms with Gasteiger partial charge in [-0.25, -0.2) is 9.37 Å². The summed E-state index contributed by atoms with van der Waals surface area (Å²) in [7, 11) is 0. The van der Waals surface area contributed by atoms with Crippen molar-refractivity contribution in [2.75, 3.05) is 23.3 Å². The number of pyridine rings is 2. The summed E-state index contributed by atoms with van der Waals surface area (Å²) in [5.74, 6) is 0.933. The first-order valence-electron chi connectivity index (χ1n) is 11.9. The van der Waals surface area contributed by atoms with Gasteiger partial charge in [0.25, 0.3) is 5.91 Å². The van der Waals surface area contributed by atoms with Crippen molar-refractivity contribution in [3.05, 3.63) is 96.3 Å². The predicted molar refractivity (Wildman–Crippen MR) is 136 cm³/mol.